The van der Waals surface area contributed by atoms with Crippen molar-refractivity contribution in [1.82, 2.24) is 0 Å². The van der Waals surface area contributed by atoms with Crippen LogP contribution in [0.5, 0.6) is 0 Å². The van der Waals surface area contributed by atoms with E-state index in [-0.39, 0.29) is 17.6 Å². The summed E-state index contributed by atoms with van der Waals surface area (Å²) in [7, 11) is -1.69. The first-order valence-electron chi connectivity index (χ1n) is 13.6. The van der Waals surface area contributed by atoms with Gasteiger partial charge in [0.25, 0.3) is 0 Å². The van der Waals surface area contributed by atoms with E-state index in [2.05, 4.69) is 33.9 Å². The third-order valence-electron chi connectivity index (χ3n) is 5.63. The van der Waals surface area contributed by atoms with Crippen LogP contribution in [0.25, 0.3) is 0 Å². The van der Waals surface area contributed by atoms with Crippen molar-refractivity contribution in [2.24, 2.45) is 0 Å². The Morgan fingerprint density at radius 2 is 0.711 bits per heavy atom. The molecular weight excluding hydrogens is 516 g/mol. The van der Waals surface area contributed by atoms with Gasteiger partial charge in [-0.15, -0.1) is 0 Å². The Kier molecular flexibility index (Phi) is 24.9. The Morgan fingerprint density at radius 1 is 0.474 bits per heavy atom. The van der Waals surface area contributed by atoms with Crippen molar-refractivity contribution in [2.75, 3.05) is 119 Å². The summed E-state index contributed by atoms with van der Waals surface area (Å²) in [5.74, 6) is -0.307. The lowest BCUT2D eigenvalue weighted by molar-refractivity contribution is -0.142. The quantitative estimate of drug-likeness (QED) is 0.0787. The molecule has 38 heavy (non-hydrogen) atoms. The van der Waals surface area contributed by atoms with Gasteiger partial charge in [-0.1, -0.05) is 20.8 Å². The summed E-state index contributed by atoms with van der Waals surface area (Å²) in [6, 6.07) is 0. The average molecular weight is 571 g/mol. The molecule has 0 radical (unpaired) electrons. The Labute approximate surface area is 231 Å². The second-order valence-electron chi connectivity index (χ2n) is 9.85. The molecule has 0 atom stereocenters. The van der Waals surface area contributed by atoms with Crippen LogP contribution in [0.2, 0.25) is 18.1 Å². The minimum Gasteiger partial charge on any atom is -0.463 e. The largest absolute Gasteiger partial charge is 0.463 e. The number of hydrogen-bond donors (Lipinski definition) is 0. The maximum absolute atomic E-state index is 10.6. The molecule has 0 spiro atoms. The van der Waals surface area contributed by atoms with E-state index in [9.17, 15) is 4.79 Å². The number of hydrogen-bond acceptors (Lipinski definition) is 11. The monoisotopic (exact) mass is 570 g/mol. The van der Waals surface area contributed by atoms with E-state index in [1.54, 1.807) is 0 Å². The molecule has 0 aromatic rings. The zero-order chi connectivity index (χ0) is 28.4. The van der Waals surface area contributed by atoms with Crippen LogP contribution in [-0.2, 0) is 51.9 Å². The first-order valence-corrected chi connectivity index (χ1v) is 16.5. The Morgan fingerprint density at radius 3 is 0.947 bits per heavy atom. The Bertz CT molecular complexity index is 530. The molecule has 0 aromatic heterocycles. The molecule has 0 aliphatic rings. The molecule has 0 saturated heterocycles. The van der Waals surface area contributed by atoms with E-state index in [1.165, 1.54) is 6.92 Å². The fourth-order valence-corrected chi connectivity index (χ4v) is 3.48. The van der Waals surface area contributed by atoms with Gasteiger partial charge in [0.1, 0.15) is 6.61 Å². The van der Waals surface area contributed by atoms with Gasteiger partial charge in [0, 0.05) is 6.92 Å². The van der Waals surface area contributed by atoms with Crippen molar-refractivity contribution in [1.29, 1.82) is 0 Å². The zero-order valence-electron chi connectivity index (χ0n) is 24.7. The van der Waals surface area contributed by atoms with Crippen LogP contribution < -0.4 is 0 Å². The third-order valence-corrected chi connectivity index (χ3v) is 10.2. The highest BCUT2D eigenvalue weighted by Gasteiger charge is 2.36. The lowest BCUT2D eigenvalue weighted by atomic mass is 10.2. The first kappa shape index (κ1) is 37.3. The van der Waals surface area contributed by atoms with Gasteiger partial charge in [-0.2, -0.15) is 0 Å². The van der Waals surface area contributed by atoms with Gasteiger partial charge < -0.3 is 47.1 Å². The third kappa shape index (κ3) is 25.6. The van der Waals surface area contributed by atoms with E-state index >= 15 is 0 Å². The normalized spacial score (nSPS) is 12.3. The van der Waals surface area contributed by atoms with Crippen molar-refractivity contribution < 1.29 is 51.9 Å². The fourth-order valence-electron chi connectivity index (χ4n) is 2.46. The molecule has 0 amide bonds. The van der Waals surface area contributed by atoms with E-state index in [1.807, 2.05) is 0 Å². The second-order valence-corrected chi connectivity index (χ2v) is 14.7. The van der Waals surface area contributed by atoms with Gasteiger partial charge in [-0.25, -0.2) is 0 Å². The van der Waals surface area contributed by atoms with Crippen LogP contribution in [0.4, 0.5) is 0 Å². The fraction of sp³-hybridized carbons (Fsp3) is 0.962. The summed E-state index contributed by atoms with van der Waals surface area (Å²) in [5, 5.41) is 0.218. The van der Waals surface area contributed by atoms with Crippen molar-refractivity contribution in [3.05, 3.63) is 0 Å². The summed E-state index contributed by atoms with van der Waals surface area (Å²) in [4.78, 5) is 10.6. The topological polar surface area (TPSA) is 109 Å². The molecule has 0 bridgehead atoms. The molecule has 228 valence electrons. The van der Waals surface area contributed by atoms with E-state index in [4.69, 9.17) is 47.1 Å². The van der Waals surface area contributed by atoms with Gasteiger partial charge in [0.05, 0.1) is 112 Å². The summed E-state index contributed by atoms with van der Waals surface area (Å²) in [6.45, 7) is 21.5. The highest BCUT2D eigenvalue weighted by molar-refractivity contribution is 6.74. The highest BCUT2D eigenvalue weighted by atomic mass is 28.4. The van der Waals surface area contributed by atoms with Gasteiger partial charge >= 0.3 is 5.97 Å². The van der Waals surface area contributed by atoms with Crippen LogP contribution in [0.1, 0.15) is 27.7 Å². The van der Waals surface area contributed by atoms with Crippen LogP contribution in [0.3, 0.4) is 0 Å². The molecule has 0 aliphatic heterocycles. The molecule has 12 heteroatoms. The minimum absolute atomic E-state index is 0.218. The van der Waals surface area contributed by atoms with Gasteiger partial charge in [-0.3, -0.25) is 4.79 Å². The predicted octanol–water partition coefficient (Wildman–Crippen LogP) is 2.70. The number of rotatable bonds is 28. The number of ether oxygens (including phenoxy) is 9. The van der Waals surface area contributed by atoms with E-state index in [0.717, 1.165) is 0 Å². The SMILES string of the molecule is CC(=O)OCCOCCOCCOCCOCCOCCOCCOCCOCCO[Si](C)(C)C(C)(C)C. The lowest BCUT2D eigenvalue weighted by Crippen LogP contribution is -2.41. The smallest absolute Gasteiger partial charge is 0.302 e. The number of carbonyl (C=O) groups excluding carboxylic acids is 1. The van der Waals surface area contributed by atoms with Crippen LogP contribution in [0, 0.1) is 0 Å². The van der Waals surface area contributed by atoms with Crippen molar-refractivity contribution >= 4 is 14.3 Å². The summed E-state index contributed by atoms with van der Waals surface area (Å²) in [5.41, 5.74) is 0. The van der Waals surface area contributed by atoms with Gasteiger partial charge in [0.15, 0.2) is 8.32 Å². The molecular formula is C26H54O11Si. The van der Waals surface area contributed by atoms with Gasteiger partial charge in [0.2, 0.25) is 0 Å². The number of carbonyl (C=O) groups is 1. The van der Waals surface area contributed by atoms with Crippen LogP contribution in [0.15, 0.2) is 0 Å². The highest BCUT2D eigenvalue weighted by Crippen LogP contribution is 2.36. The standard InChI is InChI=1S/C26H54O11Si/c1-25(27)36-23-21-34-19-17-32-15-13-30-11-9-28-7-8-29-10-12-31-14-16-33-18-20-35-22-24-37-38(5,6)26(2,3)4/h7-24H2,1-6H3. The van der Waals surface area contributed by atoms with Crippen molar-refractivity contribution in [3.8, 4) is 0 Å². The molecule has 0 fully saturated rings. The zero-order valence-corrected chi connectivity index (χ0v) is 25.7. The second kappa shape index (κ2) is 25.3. The summed E-state index contributed by atoms with van der Waals surface area (Å²) >= 11 is 0. The maximum Gasteiger partial charge on any atom is 0.302 e. The summed E-state index contributed by atoms with van der Waals surface area (Å²) in [6.07, 6.45) is 0. The Hall–Kier alpha value is -0.673. The van der Waals surface area contributed by atoms with Crippen molar-refractivity contribution in [2.45, 2.75) is 45.8 Å². The number of esters is 1. The summed E-state index contributed by atoms with van der Waals surface area (Å²) < 4.78 is 54.3. The molecule has 0 aliphatic carbocycles. The molecule has 0 saturated carbocycles. The molecule has 0 heterocycles. The molecule has 0 aromatic carbocycles. The van der Waals surface area contributed by atoms with E-state index in [0.29, 0.717) is 112 Å². The van der Waals surface area contributed by atoms with Gasteiger partial charge in [-0.05, 0) is 18.1 Å². The van der Waals surface area contributed by atoms with Crippen LogP contribution in [-0.4, -0.2) is 133 Å². The predicted molar refractivity (Wildman–Crippen MR) is 146 cm³/mol. The molecule has 0 N–H and O–H groups in total. The molecule has 0 unspecified atom stereocenters. The maximum atomic E-state index is 10.6. The molecule has 0 rings (SSSR count). The van der Waals surface area contributed by atoms with E-state index < -0.39 is 8.32 Å². The molecule has 11 nitrogen and oxygen atoms in total. The average Bonchev–Trinajstić information content (AvgIpc) is 2.84. The van der Waals surface area contributed by atoms with Crippen LogP contribution >= 0.6 is 0 Å². The Balaban J connectivity index is 3.14. The first-order chi connectivity index (χ1) is 18.2. The lowest BCUT2D eigenvalue weighted by Gasteiger charge is -2.36. The van der Waals surface area contributed by atoms with Crippen molar-refractivity contribution in [3.63, 3.8) is 0 Å². The minimum atomic E-state index is -1.69.